The Hall–Kier alpha value is -0.540. The molecule has 1 heterocycles. The second kappa shape index (κ2) is 5.40. The summed E-state index contributed by atoms with van der Waals surface area (Å²) in [6, 6.07) is 5.22. The summed E-state index contributed by atoms with van der Waals surface area (Å²) < 4.78 is 1.24. The Bertz CT molecular complexity index is 380. The average Bonchev–Trinajstić information content (AvgIpc) is 2.74. The lowest BCUT2D eigenvalue weighted by Crippen LogP contribution is -2.32. The number of nitrogens with one attached hydrogen (secondary N) is 1. The Labute approximate surface area is 113 Å². The molecule has 1 aromatic rings. The van der Waals surface area contributed by atoms with E-state index in [0.29, 0.717) is 6.04 Å². The maximum absolute atomic E-state index is 3.63. The van der Waals surface area contributed by atoms with Crippen molar-refractivity contribution in [1.29, 1.82) is 0 Å². The lowest BCUT2D eigenvalue weighted by Gasteiger charge is -2.21. The molecular weight excluding hydrogens is 276 g/mol. The molecule has 0 spiro atoms. The molecule has 1 aliphatic heterocycles. The summed E-state index contributed by atoms with van der Waals surface area (Å²) in [5.74, 6) is 0. The van der Waals surface area contributed by atoms with Crippen LogP contribution in [0, 0.1) is 13.8 Å². The maximum Gasteiger partial charge on any atom is 0.0372 e. The van der Waals surface area contributed by atoms with Gasteiger partial charge in [0.05, 0.1) is 0 Å². The molecule has 17 heavy (non-hydrogen) atoms. The van der Waals surface area contributed by atoms with Gasteiger partial charge in [-0.3, -0.25) is 0 Å². The van der Waals surface area contributed by atoms with Gasteiger partial charge in [-0.2, -0.15) is 0 Å². The highest BCUT2D eigenvalue weighted by Crippen LogP contribution is 2.29. The van der Waals surface area contributed by atoms with Crippen molar-refractivity contribution in [2.45, 2.75) is 33.2 Å². The van der Waals surface area contributed by atoms with Gasteiger partial charge < -0.3 is 10.2 Å². The maximum atomic E-state index is 3.63. The SMILES string of the molecule is CCNC1CCN(c2cc(C)c(Br)c(C)c2)C1. The van der Waals surface area contributed by atoms with Crippen LogP contribution < -0.4 is 10.2 Å². The van der Waals surface area contributed by atoms with Crippen molar-refractivity contribution in [1.82, 2.24) is 5.32 Å². The third-order valence-electron chi connectivity index (χ3n) is 3.47. The minimum absolute atomic E-state index is 0.657. The molecule has 0 saturated carbocycles. The van der Waals surface area contributed by atoms with Crippen LogP contribution in [0.4, 0.5) is 5.69 Å². The molecule has 94 valence electrons. The zero-order valence-electron chi connectivity index (χ0n) is 10.9. The van der Waals surface area contributed by atoms with Gasteiger partial charge in [0.2, 0.25) is 0 Å². The molecule has 0 aromatic heterocycles. The molecule has 0 bridgehead atoms. The molecule has 1 atom stereocenters. The standard InChI is InChI=1S/C14H21BrN2/c1-4-16-12-5-6-17(9-12)13-7-10(2)14(15)11(3)8-13/h7-8,12,16H,4-6,9H2,1-3H3. The highest BCUT2D eigenvalue weighted by Gasteiger charge is 2.22. The molecule has 1 saturated heterocycles. The molecule has 1 aliphatic rings. The predicted molar refractivity (Wildman–Crippen MR) is 77.9 cm³/mol. The van der Waals surface area contributed by atoms with Gasteiger partial charge in [-0.1, -0.05) is 22.9 Å². The number of aryl methyl sites for hydroxylation is 2. The monoisotopic (exact) mass is 296 g/mol. The van der Waals surface area contributed by atoms with Gasteiger partial charge >= 0.3 is 0 Å². The lowest BCUT2D eigenvalue weighted by molar-refractivity contribution is 0.572. The third kappa shape index (κ3) is 2.83. The number of hydrogen-bond acceptors (Lipinski definition) is 2. The quantitative estimate of drug-likeness (QED) is 0.921. The van der Waals surface area contributed by atoms with Crippen molar-refractivity contribution in [2.75, 3.05) is 24.5 Å². The smallest absolute Gasteiger partial charge is 0.0372 e. The Morgan fingerprint density at radius 2 is 2.00 bits per heavy atom. The van der Waals surface area contributed by atoms with Gasteiger partial charge in [0, 0.05) is 29.3 Å². The molecule has 0 amide bonds. The zero-order chi connectivity index (χ0) is 12.4. The fourth-order valence-corrected chi connectivity index (χ4v) is 2.78. The molecule has 2 nitrogen and oxygen atoms in total. The molecule has 0 radical (unpaired) electrons. The fraction of sp³-hybridized carbons (Fsp3) is 0.571. The molecule has 0 aliphatic carbocycles. The van der Waals surface area contributed by atoms with Crippen LogP contribution in [0.15, 0.2) is 16.6 Å². The van der Waals surface area contributed by atoms with E-state index in [0.717, 1.165) is 19.6 Å². The van der Waals surface area contributed by atoms with Crippen LogP contribution in [0.1, 0.15) is 24.5 Å². The highest BCUT2D eigenvalue weighted by atomic mass is 79.9. The van der Waals surface area contributed by atoms with Crippen molar-refractivity contribution in [3.63, 3.8) is 0 Å². The summed E-state index contributed by atoms with van der Waals surface area (Å²) in [5.41, 5.74) is 4.02. The fourth-order valence-electron chi connectivity index (χ4n) is 2.56. The van der Waals surface area contributed by atoms with E-state index in [9.17, 15) is 0 Å². The summed E-state index contributed by atoms with van der Waals surface area (Å²) >= 11 is 3.63. The second-order valence-electron chi connectivity index (χ2n) is 4.88. The van der Waals surface area contributed by atoms with E-state index in [1.54, 1.807) is 0 Å². The number of likely N-dealkylation sites (N-methyl/N-ethyl adjacent to an activating group) is 1. The Morgan fingerprint density at radius 3 is 2.59 bits per heavy atom. The van der Waals surface area contributed by atoms with Crippen molar-refractivity contribution >= 4 is 21.6 Å². The van der Waals surface area contributed by atoms with Gasteiger partial charge in [-0.15, -0.1) is 0 Å². The summed E-state index contributed by atoms with van der Waals surface area (Å²) in [6.45, 7) is 9.87. The molecule has 1 fully saturated rings. The van der Waals surface area contributed by atoms with Crippen molar-refractivity contribution < 1.29 is 0 Å². The van der Waals surface area contributed by atoms with Crippen LogP contribution in [0.5, 0.6) is 0 Å². The Kier molecular flexibility index (Phi) is 4.10. The van der Waals surface area contributed by atoms with Crippen LogP contribution in [0.3, 0.4) is 0 Å². The van der Waals surface area contributed by atoms with Crippen LogP contribution in [-0.2, 0) is 0 Å². The minimum atomic E-state index is 0.657. The number of benzene rings is 1. The van der Waals surface area contributed by atoms with E-state index in [2.05, 4.69) is 59.1 Å². The van der Waals surface area contributed by atoms with Gasteiger partial charge in [0.15, 0.2) is 0 Å². The van der Waals surface area contributed by atoms with Crippen LogP contribution >= 0.6 is 15.9 Å². The van der Waals surface area contributed by atoms with E-state index in [1.165, 1.54) is 27.7 Å². The van der Waals surface area contributed by atoms with Crippen LogP contribution in [-0.4, -0.2) is 25.7 Å². The number of halogens is 1. The average molecular weight is 297 g/mol. The third-order valence-corrected chi connectivity index (χ3v) is 4.72. The summed E-state index contributed by atoms with van der Waals surface area (Å²) in [6.07, 6.45) is 1.25. The molecule has 2 rings (SSSR count). The number of hydrogen-bond donors (Lipinski definition) is 1. The van der Waals surface area contributed by atoms with Crippen LogP contribution in [0.2, 0.25) is 0 Å². The summed E-state index contributed by atoms with van der Waals surface area (Å²) in [7, 11) is 0. The van der Waals surface area contributed by atoms with Gasteiger partial charge in [-0.25, -0.2) is 0 Å². The van der Waals surface area contributed by atoms with E-state index >= 15 is 0 Å². The zero-order valence-corrected chi connectivity index (χ0v) is 12.5. The van der Waals surface area contributed by atoms with E-state index in [1.807, 2.05) is 0 Å². The predicted octanol–water partition coefficient (Wildman–Crippen LogP) is 3.25. The minimum Gasteiger partial charge on any atom is -0.370 e. The van der Waals surface area contributed by atoms with E-state index in [-0.39, 0.29) is 0 Å². The largest absolute Gasteiger partial charge is 0.370 e. The number of rotatable bonds is 3. The molecule has 1 aromatic carbocycles. The van der Waals surface area contributed by atoms with E-state index in [4.69, 9.17) is 0 Å². The van der Waals surface area contributed by atoms with Crippen LogP contribution in [0.25, 0.3) is 0 Å². The van der Waals surface area contributed by atoms with Gasteiger partial charge in [-0.05, 0) is 50.1 Å². The topological polar surface area (TPSA) is 15.3 Å². The van der Waals surface area contributed by atoms with Crippen molar-refractivity contribution in [3.8, 4) is 0 Å². The van der Waals surface area contributed by atoms with E-state index < -0.39 is 0 Å². The van der Waals surface area contributed by atoms with Gasteiger partial charge in [0.25, 0.3) is 0 Å². The van der Waals surface area contributed by atoms with Crippen molar-refractivity contribution in [2.24, 2.45) is 0 Å². The second-order valence-corrected chi connectivity index (χ2v) is 5.68. The number of nitrogens with zero attached hydrogens (tertiary/aromatic N) is 1. The summed E-state index contributed by atoms with van der Waals surface area (Å²) in [4.78, 5) is 2.49. The molecule has 3 heteroatoms. The number of anilines is 1. The molecule has 1 N–H and O–H groups in total. The first-order valence-corrected chi connectivity index (χ1v) is 7.16. The normalized spacial score (nSPS) is 20.0. The first kappa shape index (κ1) is 12.9. The molecular formula is C14H21BrN2. The summed E-state index contributed by atoms with van der Waals surface area (Å²) in [5, 5.41) is 3.53. The lowest BCUT2D eigenvalue weighted by atomic mass is 10.1. The Morgan fingerprint density at radius 1 is 1.35 bits per heavy atom. The highest BCUT2D eigenvalue weighted by molar-refractivity contribution is 9.10. The first-order valence-electron chi connectivity index (χ1n) is 6.37. The molecule has 1 unspecified atom stereocenters. The first-order chi connectivity index (χ1) is 8.11. The van der Waals surface area contributed by atoms with Crippen molar-refractivity contribution in [3.05, 3.63) is 27.7 Å². The van der Waals surface area contributed by atoms with Gasteiger partial charge in [0.1, 0.15) is 0 Å². The Balaban J connectivity index is 2.14.